The number of ether oxygens (including phenoxy) is 2. The minimum atomic E-state index is -0.781. The van der Waals surface area contributed by atoms with Gasteiger partial charge in [-0.05, 0) is 79.9 Å². The van der Waals surface area contributed by atoms with Crippen LogP contribution in [0.3, 0.4) is 0 Å². The second-order valence-corrected chi connectivity index (χ2v) is 10.1. The number of hydrogen-bond donors (Lipinski definition) is 2. The predicted molar refractivity (Wildman–Crippen MR) is 141 cm³/mol. The molecule has 0 saturated carbocycles. The number of aromatic nitrogens is 1. The number of aryl methyl sites for hydroxylation is 1. The number of nitrogens with two attached hydrogens (primary N) is 1. The quantitative estimate of drug-likeness (QED) is 0.344. The lowest BCUT2D eigenvalue weighted by atomic mass is 9.72. The summed E-state index contributed by atoms with van der Waals surface area (Å²) in [6, 6.07) is 8.95. The van der Waals surface area contributed by atoms with Gasteiger partial charge in [-0.15, -0.1) is 0 Å². The van der Waals surface area contributed by atoms with E-state index in [0.717, 1.165) is 91.2 Å². The number of halogens is 2. The molecule has 38 heavy (non-hydrogen) atoms. The number of carboxylic acids is 1. The zero-order valence-corrected chi connectivity index (χ0v) is 21.7. The van der Waals surface area contributed by atoms with Gasteiger partial charge in [0.15, 0.2) is 0 Å². The summed E-state index contributed by atoms with van der Waals surface area (Å²) in [5, 5.41) is 10.7. The van der Waals surface area contributed by atoms with E-state index in [0.29, 0.717) is 19.7 Å². The van der Waals surface area contributed by atoms with Crippen molar-refractivity contribution in [1.29, 1.82) is 0 Å². The maximum atomic E-state index is 13.4. The van der Waals surface area contributed by atoms with Gasteiger partial charge >= 0.3 is 5.97 Å². The molecule has 204 valence electrons. The van der Waals surface area contributed by atoms with Crippen molar-refractivity contribution < 1.29 is 28.2 Å². The number of piperidine rings is 1. The summed E-state index contributed by atoms with van der Waals surface area (Å²) in [5.74, 6) is -1.20. The predicted octanol–water partition coefficient (Wildman–Crippen LogP) is 4.94. The zero-order chi connectivity index (χ0) is 27.1. The van der Waals surface area contributed by atoms with Crippen LogP contribution in [0, 0.1) is 17.0 Å². The van der Waals surface area contributed by atoms with Crippen LogP contribution in [0.4, 0.5) is 8.78 Å². The summed E-state index contributed by atoms with van der Waals surface area (Å²) in [7, 11) is 1.64. The van der Waals surface area contributed by atoms with Crippen molar-refractivity contribution in [2.45, 2.75) is 45.1 Å². The molecule has 9 heteroatoms. The third-order valence-corrected chi connectivity index (χ3v) is 7.58. The minimum absolute atomic E-state index is 0.134. The van der Waals surface area contributed by atoms with Gasteiger partial charge in [0, 0.05) is 42.9 Å². The third kappa shape index (κ3) is 6.96. The number of rotatable bonds is 12. The molecule has 2 heterocycles. The van der Waals surface area contributed by atoms with E-state index in [2.05, 4.69) is 9.88 Å². The number of carbonyl (C=O) groups is 1. The minimum Gasteiger partial charge on any atom is -0.497 e. The Morgan fingerprint density at radius 2 is 1.87 bits per heavy atom. The molecule has 0 radical (unpaired) electrons. The van der Waals surface area contributed by atoms with E-state index in [9.17, 15) is 18.7 Å². The Kier molecular flexibility index (Phi) is 9.12. The van der Waals surface area contributed by atoms with Gasteiger partial charge in [0.05, 0.1) is 19.0 Å². The first-order valence-electron chi connectivity index (χ1n) is 13.0. The molecule has 1 fully saturated rings. The largest absolute Gasteiger partial charge is 0.497 e. The summed E-state index contributed by atoms with van der Waals surface area (Å²) < 4.78 is 37.7. The van der Waals surface area contributed by atoms with Gasteiger partial charge in [-0.1, -0.05) is 0 Å². The first kappa shape index (κ1) is 27.7. The molecule has 2 aromatic carbocycles. The lowest BCUT2D eigenvalue weighted by molar-refractivity contribution is -0.140. The number of pyridine rings is 1. The van der Waals surface area contributed by atoms with Crippen molar-refractivity contribution in [3.8, 4) is 11.5 Å². The molecule has 1 saturated heterocycles. The Morgan fingerprint density at radius 3 is 2.53 bits per heavy atom. The van der Waals surface area contributed by atoms with Gasteiger partial charge < -0.3 is 20.3 Å². The molecular formula is C29H35F2N3O4. The van der Waals surface area contributed by atoms with Crippen LogP contribution in [0.25, 0.3) is 10.9 Å². The highest BCUT2D eigenvalue weighted by Gasteiger charge is 2.36. The first-order valence-corrected chi connectivity index (χ1v) is 13.0. The Labute approximate surface area is 221 Å². The molecule has 0 aliphatic carbocycles. The van der Waals surface area contributed by atoms with Gasteiger partial charge in [0.1, 0.15) is 29.7 Å². The van der Waals surface area contributed by atoms with Crippen LogP contribution < -0.4 is 15.2 Å². The van der Waals surface area contributed by atoms with E-state index >= 15 is 0 Å². The van der Waals surface area contributed by atoms with E-state index in [1.54, 1.807) is 7.11 Å². The number of likely N-dealkylation sites (tertiary alicyclic amines) is 1. The van der Waals surface area contributed by atoms with Crippen molar-refractivity contribution in [1.82, 2.24) is 9.88 Å². The maximum Gasteiger partial charge on any atom is 0.303 e. The van der Waals surface area contributed by atoms with E-state index in [1.165, 1.54) is 0 Å². The lowest BCUT2D eigenvalue weighted by Gasteiger charge is -2.41. The summed E-state index contributed by atoms with van der Waals surface area (Å²) in [4.78, 5) is 18.5. The number of nitrogens with zero attached hydrogens (tertiary/aromatic N) is 2. The molecule has 0 unspecified atom stereocenters. The normalized spacial score (nSPS) is 15.5. The fraction of sp³-hybridized carbons (Fsp3) is 0.448. The molecule has 1 aliphatic heterocycles. The van der Waals surface area contributed by atoms with E-state index in [1.807, 2.05) is 24.4 Å². The Morgan fingerprint density at radius 1 is 1.13 bits per heavy atom. The molecule has 0 atom stereocenters. The monoisotopic (exact) mass is 527 g/mol. The highest BCUT2D eigenvalue weighted by molar-refractivity contribution is 5.84. The second-order valence-electron chi connectivity index (χ2n) is 10.1. The van der Waals surface area contributed by atoms with Crippen molar-refractivity contribution in [3.05, 3.63) is 65.4 Å². The van der Waals surface area contributed by atoms with Gasteiger partial charge in [0.25, 0.3) is 0 Å². The van der Waals surface area contributed by atoms with E-state index in [-0.39, 0.29) is 17.6 Å². The first-order chi connectivity index (χ1) is 18.3. The molecule has 0 spiro atoms. The maximum absolute atomic E-state index is 13.4. The Bertz CT molecular complexity index is 1240. The van der Waals surface area contributed by atoms with Crippen molar-refractivity contribution in [3.63, 3.8) is 0 Å². The zero-order valence-electron chi connectivity index (χ0n) is 21.7. The molecular weight excluding hydrogens is 492 g/mol. The topological polar surface area (TPSA) is 97.9 Å². The summed E-state index contributed by atoms with van der Waals surface area (Å²) in [5.41, 5.74) is 8.76. The Balaban J connectivity index is 1.36. The number of benzene rings is 2. The average molecular weight is 528 g/mol. The van der Waals surface area contributed by atoms with Crippen LogP contribution in [0.1, 0.15) is 43.2 Å². The molecule has 1 aromatic heterocycles. The van der Waals surface area contributed by atoms with Gasteiger partial charge in [-0.3, -0.25) is 14.7 Å². The highest BCUT2D eigenvalue weighted by Crippen LogP contribution is 2.40. The van der Waals surface area contributed by atoms with Crippen LogP contribution >= 0.6 is 0 Å². The fourth-order valence-corrected chi connectivity index (χ4v) is 5.50. The summed E-state index contributed by atoms with van der Waals surface area (Å²) in [6.45, 7) is 2.78. The number of aliphatic carboxylic acids is 1. The fourth-order valence-electron chi connectivity index (χ4n) is 5.50. The summed E-state index contributed by atoms with van der Waals surface area (Å²) in [6.07, 6.45) is 5.91. The van der Waals surface area contributed by atoms with Crippen LogP contribution in [0.2, 0.25) is 0 Å². The van der Waals surface area contributed by atoms with Crippen LogP contribution in [-0.2, 0) is 17.8 Å². The summed E-state index contributed by atoms with van der Waals surface area (Å²) >= 11 is 0. The van der Waals surface area contributed by atoms with Crippen LogP contribution in [0.5, 0.6) is 11.5 Å². The van der Waals surface area contributed by atoms with Crippen LogP contribution in [0.15, 0.2) is 42.6 Å². The molecule has 3 N–H and O–H groups in total. The van der Waals surface area contributed by atoms with Gasteiger partial charge in [-0.2, -0.15) is 0 Å². The molecule has 7 nitrogen and oxygen atoms in total. The lowest BCUT2D eigenvalue weighted by Crippen LogP contribution is -2.42. The smallest absolute Gasteiger partial charge is 0.303 e. The van der Waals surface area contributed by atoms with Gasteiger partial charge in [0.2, 0.25) is 0 Å². The van der Waals surface area contributed by atoms with Crippen molar-refractivity contribution in [2.24, 2.45) is 11.1 Å². The molecule has 4 rings (SSSR count). The molecule has 0 bridgehead atoms. The average Bonchev–Trinajstić information content (AvgIpc) is 2.88. The number of methoxy groups -OCH3 is 1. The van der Waals surface area contributed by atoms with Gasteiger partial charge in [-0.25, -0.2) is 8.78 Å². The third-order valence-electron chi connectivity index (χ3n) is 7.58. The standard InChI is InChI=1S/C29H35F2N3O4/c1-37-23-4-5-27-26(16-23)25(20(18-32)19-33-27)3-2-6-29(17-28(35)36)7-9-34(10-8-29)11-12-38-24-14-21(30)13-22(31)15-24/h4-5,13-16,19H,2-3,6-12,17-18,32H2,1H3,(H,35,36). The number of fused-ring (bicyclic) bond motifs is 1. The molecule has 0 amide bonds. The SMILES string of the molecule is COc1ccc2ncc(CN)c(CCCC3(CC(=O)O)CCN(CCOc4cc(F)cc(F)c4)CC3)c2c1. The number of hydrogen-bond acceptors (Lipinski definition) is 6. The number of carboxylic acid groups (broad SMARTS) is 1. The van der Waals surface area contributed by atoms with Crippen molar-refractivity contribution in [2.75, 3.05) is 33.4 Å². The molecule has 1 aliphatic rings. The molecule has 3 aromatic rings. The van der Waals surface area contributed by atoms with E-state index in [4.69, 9.17) is 15.2 Å². The van der Waals surface area contributed by atoms with Crippen molar-refractivity contribution >= 4 is 16.9 Å². The van der Waals surface area contributed by atoms with Crippen LogP contribution in [-0.4, -0.2) is 54.3 Å². The van der Waals surface area contributed by atoms with E-state index < -0.39 is 17.6 Å². The Hall–Kier alpha value is -3.30. The highest BCUT2D eigenvalue weighted by atomic mass is 19.1. The second kappa shape index (κ2) is 12.5.